The summed E-state index contributed by atoms with van der Waals surface area (Å²) in [6.07, 6.45) is 0. The molecular weight excluding hydrogens is 224 g/mol. The van der Waals surface area contributed by atoms with Crippen molar-refractivity contribution in [2.45, 2.75) is 38.9 Å². The van der Waals surface area contributed by atoms with Crippen LogP contribution in [0.1, 0.15) is 31.1 Å². The fourth-order valence-corrected chi connectivity index (χ4v) is 4.28. The van der Waals surface area contributed by atoms with Crippen LogP contribution in [-0.4, -0.2) is 13.9 Å². The van der Waals surface area contributed by atoms with Gasteiger partial charge < -0.3 is 0 Å². The molecule has 0 amide bonds. The highest BCUT2D eigenvalue weighted by Crippen LogP contribution is 2.18. The Hall–Kier alpha value is -1.33. The highest BCUT2D eigenvalue weighted by molar-refractivity contribution is 6.87. The summed E-state index contributed by atoms with van der Waals surface area (Å²) in [5.74, 6) is 2.82. The lowest BCUT2D eigenvalue weighted by Gasteiger charge is -2.19. The van der Waals surface area contributed by atoms with E-state index in [1.807, 2.05) is 30.3 Å². The third kappa shape index (κ3) is 3.57. The van der Waals surface area contributed by atoms with Gasteiger partial charge in [0.05, 0.1) is 0 Å². The maximum Gasteiger partial charge on any atom is 0.235 e. The Labute approximate surface area is 105 Å². The second kappa shape index (κ2) is 6.41. The van der Waals surface area contributed by atoms with Gasteiger partial charge in [0.2, 0.25) is 5.78 Å². The van der Waals surface area contributed by atoms with E-state index < -0.39 is 8.07 Å². The van der Waals surface area contributed by atoms with E-state index in [-0.39, 0.29) is 5.78 Å². The van der Waals surface area contributed by atoms with Crippen LogP contribution in [0.5, 0.6) is 0 Å². The molecule has 0 bridgehead atoms. The van der Waals surface area contributed by atoms with Crippen molar-refractivity contribution in [1.82, 2.24) is 0 Å². The van der Waals surface area contributed by atoms with E-state index in [0.29, 0.717) is 5.56 Å². The second-order valence-corrected chi connectivity index (χ2v) is 9.22. The quantitative estimate of drug-likeness (QED) is 0.446. The number of carbonyl (C=O) groups is 1. The summed E-state index contributed by atoms with van der Waals surface area (Å²) in [6, 6.07) is 12.7. The lowest BCUT2D eigenvalue weighted by molar-refractivity contribution is 0.105. The fourth-order valence-electron chi connectivity index (χ4n) is 1.87. The molecule has 0 atom stereocenters. The topological polar surface area (TPSA) is 17.1 Å². The molecule has 90 valence electrons. The highest BCUT2D eigenvalue weighted by Gasteiger charge is 2.24. The minimum absolute atomic E-state index is 0.0437. The summed E-state index contributed by atoms with van der Waals surface area (Å²) in [7, 11) is -1.50. The molecule has 1 nitrogen and oxygen atoms in total. The lowest BCUT2D eigenvalue weighted by Crippen LogP contribution is -2.29. The Morgan fingerprint density at radius 1 is 1.06 bits per heavy atom. The first-order valence-electron chi connectivity index (χ1n) is 6.30. The Kier molecular flexibility index (Phi) is 5.18. The van der Waals surface area contributed by atoms with Crippen molar-refractivity contribution in [3.05, 3.63) is 35.9 Å². The molecule has 0 aliphatic rings. The zero-order chi connectivity index (χ0) is 12.7. The molecule has 2 heteroatoms. The van der Waals surface area contributed by atoms with Crippen LogP contribution < -0.4 is 0 Å². The monoisotopic (exact) mass is 244 g/mol. The normalized spacial score (nSPS) is 10.5. The third-order valence-corrected chi connectivity index (χ3v) is 8.22. The molecule has 0 N–H and O–H groups in total. The summed E-state index contributed by atoms with van der Waals surface area (Å²) >= 11 is 0. The number of Topliss-reactive ketones (excluding diaryl/α,β-unsaturated/α-hetero) is 1. The van der Waals surface area contributed by atoms with Gasteiger partial charge in [-0.2, -0.15) is 0 Å². The van der Waals surface area contributed by atoms with Crippen molar-refractivity contribution in [2.24, 2.45) is 0 Å². The van der Waals surface area contributed by atoms with Crippen LogP contribution >= 0.6 is 0 Å². The van der Waals surface area contributed by atoms with E-state index in [1.165, 1.54) is 0 Å². The molecule has 0 radical (unpaired) electrons. The van der Waals surface area contributed by atoms with E-state index in [2.05, 4.69) is 32.2 Å². The molecule has 0 aliphatic heterocycles. The fraction of sp³-hybridized carbons (Fsp3) is 0.400. The molecule has 1 rings (SSSR count). The van der Waals surface area contributed by atoms with Crippen LogP contribution in [0.15, 0.2) is 30.3 Å². The van der Waals surface area contributed by atoms with Gasteiger partial charge in [0.1, 0.15) is 8.07 Å². The Morgan fingerprint density at radius 3 is 2.06 bits per heavy atom. The molecule has 0 fully saturated rings. The maximum atomic E-state index is 11.9. The molecule has 1 aromatic rings. The van der Waals surface area contributed by atoms with Gasteiger partial charge in [-0.25, -0.2) is 0 Å². The molecule has 0 unspecified atom stereocenters. The van der Waals surface area contributed by atoms with Crippen molar-refractivity contribution in [2.75, 3.05) is 0 Å². The zero-order valence-corrected chi connectivity index (χ0v) is 11.9. The van der Waals surface area contributed by atoms with Gasteiger partial charge in [0.25, 0.3) is 0 Å². The summed E-state index contributed by atoms with van der Waals surface area (Å²) in [6.45, 7) is 6.59. The summed E-state index contributed by atoms with van der Waals surface area (Å²) in [5.41, 5.74) is 4.02. The molecule has 1 aromatic carbocycles. The van der Waals surface area contributed by atoms with E-state index in [4.69, 9.17) is 0 Å². The molecular formula is C15H20OSi. The highest BCUT2D eigenvalue weighted by atomic mass is 28.3. The summed E-state index contributed by atoms with van der Waals surface area (Å²) in [4.78, 5) is 11.9. The molecule has 0 saturated carbocycles. The van der Waals surface area contributed by atoms with Crippen LogP contribution in [-0.2, 0) is 0 Å². The number of hydrogen-bond acceptors (Lipinski definition) is 1. The first-order valence-corrected chi connectivity index (χ1v) is 8.92. The van der Waals surface area contributed by atoms with Crippen LogP contribution in [0.4, 0.5) is 0 Å². The van der Waals surface area contributed by atoms with Gasteiger partial charge in [0, 0.05) is 5.56 Å². The minimum Gasteiger partial charge on any atom is -0.279 e. The van der Waals surface area contributed by atoms with Crippen molar-refractivity contribution < 1.29 is 4.79 Å². The van der Waals surface area contributed by atoms with Crippen molar-refractivity contribution in [3.8, 4) is 11.5 Å². The Morgan fingerprint density at radius 2 is 1.59 bits per heavy atom. The van der Waals surface area contributed by atoms with Gasteiger partial charge >= 0.3 is 0 Å². The second-order valence-electron chi connectivity index (χ2n) is 4.29. The number of hydrogen-bond donors (Lipinski definition) is 0. The van der Waals surface area contributed by atoms with Crippen LogP contribution in [0, 0.1) is 11.5 Å². The average Bonchev–Trinajstić information content (AvgIpc) is 2.41. The molecule has 17 heavy (non-hydrogen) atoms. The zero-order valence-electron chi connectivity index (χ0n) is 10.9. The maximum absolute atomic E-state index is 11.9. The van der Waals surface area contributed by atoms with Gasteiger partial charge in [-0.05, 0) is 24.1 Å². The molecule has 0 aliphatic carbocycles. The molecule has 0 saturated heterocycles. The van der Waals surface area contributed by atoms with Gasteiger partial charge in [-0.15, -0.1) is 5.54 Å². The van der Waals surface area contributed by atoms with E-state index in [0.717, 1.165) is 18.1 Å². The lowest BCUT2D eigenvalue weighted by atomic mass is 10.1. The molecule has 0 spiro atoms. The van der Waals surface area contributed by atoms with Crippen molar-refractivity contribution in [1.29, 1.82) is 0 Å². The molecule has 0 aromatic heterocycles. The van der Waals surface area contributed by atoms with Gasteiger partial charge in [-0.3, -0.25) is 4.79 Å². The average molecular weight is 244 g/mol. The van der Waals surface area contributed by atoms with E-state index >= 15 is 0 Å². The Bertz CT molecular complexity index is 413. The minimum atomic E-state index is -1.50. The smallest absolute Gasteiger partial charge is 0.235 e. The largest absolute Gasteiger partial charge is 0.279 e. The first kappa shape index (κ1) is 13.7. The Balaban J connectivity index is 2.88. The van der Waals surface area contributed by atoms with Crippen molar-refractivity contribution in [3.63, 3.8) is 0 Å². The van der Waals surface area contributed by atoms with Crippen LogP contribution in [0.25, 0.3) is 0 Å². The number of carbonyl (C=O) groups excluding carboxylic acids is 1. The number of ketones is 1. The predicted octanol–water partition coefficient (Wildman–Crippen LogP) is 3.92. The molecule has 0 heterocycles. The van der Waals surface area contributed by atoms with Crippen LogP contribution in [0.3, 0.4) is 0 Å². The predicted molar refractivity (Wildman–Crippen MR) is 75.7 cm³/mol. The number of rotatable bonds is 4. The van der Waals surface area contributed by atoms with Crippen molar-refractivity contribution >= 4 is 13.9 Å². The number of benzene rings is 1. The van der Waals surface area contributed by atoms with E-state index in [9.17, 15) is 4.79 Å². The summed E-state index contributed by atoms with van der Waals surface area (Å²) in [5, 5.41) is 0. The van der Waals surface area contributed by atoms with Gasteiger partial charge in [0.15, 0.2) is 0 Å². The first-order chi connectivity index (χ1) is 8.17. The SMILES string of the molecule is CC[Si](C#CC(=O)c1ccccc1)(CC)CC. The van der Waals surface area contributed by atoms with Gasteiger partial charge in [-0.1, -0.05) is 51.1 Å². The third-order valence-electron chi connectivity index (χ3n) is 3.51. The standard InChI is InChI=1S/C15H20OSi/c1-4-17(5-2,6-3)13-12-15(16)14-10-8-7-9-11-14/h7-11H,4-6H2,1-3H3. The van der Waals surface area contributed by atoms with Crippen LogP contribution in [0.2, 0.25) is 18.1 Å². The van der Waals surface area contributed by atoms with E-state index in [1.54, 1.807) is 0 Å². The summed E-state index contributed by atoms with van der Waals surface area (Å²) < 4.78 is 0.